The first-order valence-electron chi connectivity index (χ1n) is 17.2. The molecule has 0 saturated heterocycles. The molecule has 0 aromatic rings. The van der Waals surface area contributed by atoms with Gasteiger partial charge in [0.25, 0.3) is 0 Å². The molecule has 0 aromatic carbocycles. The van der Waals surface area contributed by atoms with E-state index < -0.39 is 0 Å². The van der Waals surface area contributed by atoms with Crippen LogP contribution in [-0.2, 0) is 9.59 Å². The minimum Gasteiger partial charge on any atom is -0.300 e. The Balaban J connectivity index is 0.826. The maximum atomic E-state index is 13.4. The number of hydrogen-bond donors (Lipinski definition) is 2. The van der Waals surface area contributed by atoms with Gasteiger partial charge in [-0.25, -0.2) is 0 Å². The second-order valence-corrected chi connectivity index (χ2v) is 20.3. The van der Waals surface area contributed by atoms with Crippen molar-refractivity contribution in [2.45, 2.75) is 138 Å². The highest BCUT2D eigenvalue weighted by Crippen LogP contribution is 2.66. The summed E-state index contributed by atoms with van der Waals surface area (Å²) >= 11 is 3.64. The molecule has 12 aliphatic carbocycles. The summed E-state index contributed by atoms with van der Waals surface area (Å²) in [6, 6.07) is 0. The number of carbonyl (C=O) groups is 2. The van der Waals surface area contributed by atoms with Crippen LogP contribution in [0, 0.1) is 58.2 Å². The molecule has 0 radical (unpaired) electrons. The quantitative estimate of drug-likeness (QED) is 0.287. The molecule has 12 bridgehead atoms. The molecular weight excluding hydrogens is 533 g/mol. The Bertz CT molecular complexity index is 923. The third-order valence-electron chi connectivity index (χ3n) is 14.1. The van der Waals surface area contributed by atoms with Crippen molar-refractivity contribution < 1.29 is 9.59 Å². The Hall–Kier alpha value is -0.360. The van der Waals surface area contributed by atoms with Crippen molar-refractivity contribution in [2.24, 2.45) is 58.2 Å². The SMILES string of the molecule is O=C(CC12CC3CC(CC(C3)C1)C2)NSC12CC3CC(C1)CC(SNC(=O)CC14CC5CC(CC(C5)C1)C4)(C3)C2. The van der Waals surface area contributed by atoms with Crippen molar-refractivity contribution in [3.63, 3.8) is 0 Å². The van der Waals surface area contributed by atoms with Crippen LogP contribution < -0.4 is 9.44 Å². The predicted octanol–water partition coefficient (Wildman–Crippen LogP) is 7.82. The lowest BCUT2D eigenvalue weighted by Gasteiger charge is -2.61. The molecular formula is C34H50N2O2S2. The number of carbonyl (C=O) groups excluding carboxylic acids is 2. The minimum atomic E-state index is 0.179. The summed E-state index contributed by atoms with van der Waals surface area (Å²) in [7, 11) is 0. The summed E-state index contributed by atoms with van der Waals surface area (Å²) in [6.07, 6.45) is 25.7. The molecule has 0 spiro atoms. The first-order valence-corrected chi connectivity index (χ1v) is 18.8. The molecule has 0 unspecified atom stereocenters. The second-order valence-electron chi connectivity index (χ2n) is 17.8. The van der Waals surface area contributed by atoms with Crippen LogP contribution in [0.4, 0.5) is 0 Å². The zero-order valence-electron chi connectivity index (χ0n) is 24.4. The summed E-state index contributed by atoms with van der Waals surface area (Å²) in [4.78, 5) is 26.8. The molecule has 0 aliphatic heterocycles. The second kappa shape index (κ2) is 9.08. The van der Waals surface area contributed by atoms with Crippen molar-refractivity contribution in [3.8, 4) is 0 Å². The Labute approximate surface area is 250 Å². The lowest BCUT2D eigenvalue weighted by molar-refractivity contribution is -0.128. The normalized spacial score (nSPS) is 54.2. The van der Waals surface area contributed by atoms with E-state index in [0.717, 1.165) is 66.6 Å². The zero-order chi connectivity index (χ0) is 26.7. The van der Waals surface area contributed by atoms with E-state index in [1.807, 2.05) is 23.9 Å². The van der Waals surface area contributed by atoms with E-state index in [1.165, 1.54) is 109 Å². The summed E-state index contributed by atoms with van der Waals surface area (Å²) in [5.41, 5.74) is 0.637. The zero-order valence-corrected chi connectivity index (χ0v) is 26.0. The number of amides is 2. The molecule has 2 N–H and O–H groups in total. The summed E-state index contributed by atoms with van der Waals surface area (Å²) < 4.78 is 7.29. The fourth-order valence-electron chi connectivity index (χ4n) is 14.4. The van der Waals surface area contributed by atoms with Gasteiger partial charge >= 0.3 is 0 Å². The van der Waals surface area contributed by atoms with Gasteiger partial charge in [-0.15, -0.1) is 0 Å². The lowest BCUT2D eigenvalue weighted by atomic mass is 9.49. The fourth-order valence-corrected chi connectivity index (χ4v) is 17.3. The van der Waals surface area contributed by atoms with Gasteiger partial charge in [0.15, 0.2) is 0 Å². The molecule has 2 amide bonds. The van der Waals surface area contributed by atoms with Gasteiger partial charge in [0, 0.05) is 22.3 Å². The maximum Gasteiger partial charge on any atom is 0.230 e. The van der Waals surface area contributed by atoms with Gasteiger partial charge < -0.3 is 0 Å². The number of rotatable bonds is 8. The third-order valence-corrected chi connectivity index (χ3v) is 16.6. The molecule has 12 aliphatic rings. The van der Waals surface area contributed by atoms with E-state index in [9.17, 15) is 9.59 Å². The fraction of sp³-hybridized carbons (Fsp3) is 0.941. The number of nitrogens with one attached hydrogen (secondary N) is 2. The highest BCUT2D eigenvalue weighted by atomic mass is 32.2. The standard InChI is InChI=1S/C34H50N2O2S2/c37-29(18-31-8-21-1-22(9-31)3-23(2-21)10-31)35-39-33-14-27-7-28(15-33)17-34(16-27,20-33)40-36-30(38)19-32-11-24-4-25(12-32)6-26(5-24)13-32/h21-28H,1-20H2,(H,35,37)(H,36,38). The Morgan fingerprint density at radius 1 is 0.475 bits per heavy atom. The van der Waals surface area contributed by atoms with E-state index >= 15 is 0 Å². The first-order chi connectivity index (χ1) is 19.2. The average molecular weight is 583 g/mol. The summed E-state index contributed by atoms with van der Waals surface area (Å²) in [6.45, 7) is 0. The van der Waals surface area contributed by atoms with Crippen molar-refractivity contribution in [1.82, 2.24) is 9.44 Å². The highest BCUT2D eigenvalue weighted by Gasteiger charge is 2.60. The topological polar surface area (TPSA) is 58.2 Å². The molecule has 0 atom stereocenters. The van der Waals surface area contributed by atoms with E-state index in [-0.39, 0.29) is 9.49 Å². The van der Waals surface area contributed by atoms with Crippen molar-refractivity contribution in [1.29, 1.82) is 0 Å². The summed E-state index contributed by atoms with van der Waals surface area (Å²) in [5, 5.41) is 0. The van der Waals surface area contributed by atoms with Crippen molar-refractivity contribution >= 4 is 35.7 Å². The molecule has 6 heteroatoms. The van der Waals surface area contributed by atoms with Crippen LogP contribution in [0.25, 0.3) is 0 Å². The Morgan fingerprint density at radius 3 is 1.10 bits per heavy atom. The monoisotopic (exact) mass is 582 g/mol. The van der Waals surface area contributed by atoms with E-state index in [4.69, 9.17) is 0 Å². The molecule has 220 valence electrons. The molecule has 4 nitrogen and oxygen atoms in total. The largest absolute Gasteiger partial charge is 0.300 e. The summed E-state index contributed by atoms with van der Waals surface area (Å²) in [5.74, 6) is 7.60. The van der Waals surface area contributed by atoms with E-state index in [1.54, 1.807) is 0 Å². The third kappa shape index (κ3) is 4.53. The van der Waals surface area contributed by atoms with E-state index in [2.05, 4.69) is 9.44 Å². The minimum absolute atomic E-state index is 0.179. The predicted molar refractivity (Wildman–Crippen MR) is 162 cm³/mol. The highest BCUT2D eigenvalue weighted by molar-refractivity contribution is 8.00. The van der Waals surface area contributed by atoms with Crippen molar-refractivity contribution in [3.05, 3.63) is 0 Å². The Morgan fingerprint density at radius 2 is 0.775 bits per heavy atom. The number of hydrogen-bond acceptors (Lipinski definition) is 4. The lowest BCUT2D eigenvalue weighted by Crippen LogP contribution is -2.58. The van der Waals surface area contributed by atoms with Gasteiger partial charge in [-0.05, 0) is 198 Å². The molecule has 12 rings (SSSR count). The first kappa shape index (κ1) is 26.1. The van der Waals surface area contributed by atoms with Crippen LogP contribution in [0.3, 0.4) is 0 Å². The molecule has 40 heavy (non-hydrogen) atoms. The van der Waals surface area contributed by atoms with Crippen LogP contribution in [0.15, 0.2) is 0 Å². The molecule has 12 saturated carbocycles. The van der Waals surface area contributed by atoms with Crippen molar-refractivity contribution in [2.75, 3.05) is 0 Å². The smallest absolute Gasteiger partial charge is 0.230 e. The van der Waals surface area contributed by atoms with Gasteiger partial charge in [0.2, 0.25) is 11.8 Å². The Kier molecular flexibility index (Phi) is 5.92. The van der Waals surface area contributed by atoms with E-state index in [0.29, 0.717) is 22.6 Å². The van der Waals surface area contributed by atoms with Gasteiger partial charge in [-0.3, -0.25) is 19.0 Å². The van der Waals surface area contributed by atoms with Crippen LogP contribution in [0.1, 0.15) is 128 Å². The van der Waals surface area contributed by atoms with Gasteiger partial charge in [0.1, 0.15) is 0 Å². The molecule has 0 heterocycles. The van der Waals surface area contributed by atoms with Crippen LogP contribution in [0.5, 0.6) is 0 Å². The van der Waals surface area contributed by atoms with Crippen LogP contribution in [-0.4, -0.2) is 21.3 Å². The molecule has 0 aromatic heterocycles. The van der Waals surface area contributed by atoms with Gasteiger partial charge in [-0.1, -0.05) is 0 Å². The molecule has 12 fully saturated rings. The van der Waals surface area contributed by atoms with Crippen LogP contribution in [0.2, 0.25) is 0 Å². The van der Waals surface area contributed by atoms with Gasteiger partial charge in [-0.2, -0.15) is 0 Å². The average Bonchev–Trinajstić information content (AvgIpc) is 2.84. The van der Waals surface area contributed by atoms with Gasteiger partial charge in [0.05, 0.1) is 0 Å². The maximum absolute atomic E-state index is 13.4. The van der Waals surface area contributed by atoms with Crippen LogP contribution >= 0.6 is 23.9 Å².